The maximum Gasteiger partial charge on any atom is 0.0851 e. The molecule has 0 aliphatic carbocycles. The first kappa shape index (κ1) is 2.01. The van der Waals surface area contributed by atoms with Crippen molar-refractivity contribution < 1.29 is 5.48 Å². The molecule has 0 unspecified atom stereocenters. The molecule has 1 nitrogen and oxygen atoms in total. The van der Waals surface area contributed by atoms with Crippen LogP contribution in [0.5, 0.6) is 0 Å². The minimum Gasteiger partial charge on any atom is -0.264 e. The molecule has 0 atom stereocenters. The first-order valence-corrected chi connectivity index (χ1v) is 2.71. The molecule has 1 rings (SSSR count). The molecule has 2 heteroatoms. The highest BCUT2D eigenvalue weighted by Gasteiger charge is 1.75. The van der Waals surface area contributed by atoms with Gasteiger partial charge in [0.1, 0.15) is 0 Å². The van der Waals surface area contributed by atoms with Crippen molar-refractivity contribution in [3.05, 3.63) is 28.0 Å². The van der Waals surface area contributed by atoms with Crippen LogP contribution in [0.1, 0.15) is 5.48 Å². The second kappa shape index (κ2) is 2.26. The van der Waals surface area contributed by atoms with Crippen molar-refractivity contribution in [2.45, 2.75) is 0 Å². The Morgan fingerprint density at radius 1 is 1.86 bits per heavy atom. The Morgan fingerprint density at radius 2 is 2.71 bits per heavy atom. The van der Waals surface area contributed by atoms with E-state index in [9.17, 15) is 0 Å². The highest BCUT2D eigenvalue weighted by atomic mass is 127. The van der Waals surface area contributed by atoms with Gasteiger partial charge in [-0.05, 0) is 34.7 Å². The van der Waals surface area contributed by atoms with Crippen LogP contribution in [-0.4, -0.2) is 4.98 Å². The van der Waals surface area contributed by atoms with Gasteiger partial charge in [0.05, 0.1) is 5.48 Å². The van der Waals surface area contributed by atoms with Crippen molar-refractivity contribution in [2.75, 3.05) is 0 Å². The predicted octanol–water partition coefficient (Wildman–Crippen LogP) is 1.69. The van der Waals surface area contributed by atoms with Crippen LogP contribution < -0.4 is 0 Å². The SMILES string of the molecule is [2H]c1nc([2H])c(I)c([2H])c1[2H]. The van der Waals surface area contributed by atoms with Gasteiger partial charge < -0.3 is 0 Å². The van der Waals surface area contributed by atoms with Gasteiger partial charge in [-0.2, -0.15) is 0 Å². The van der Waals surface area contributed by atoms with Gasteiger partial charge >= 0.3 is 0 Å². The van der Waals surface area contributed by atoms with Crippen LogP contribution in [0.2, 0.25) is 0 Å². The number of hydrogen-bond acceptors (Lipinski definition) is 1. The molecular weight excluding hydrogens is 201 g/mol. The summed E-state index contributed by atoms with van der Waals surface area (Å²) in [5, 5.41) is 0. The van der Waals surface area contributed by atoms with Crippen LogP contribution in [-0.2, 0) is 0 Å². The fraction of sp³-hybridized carbons (Fsp3) is 0. The van der Waals surface area contributed by atoms with Gasteiger partial charge in [-0.1, -0.05) is 0 Å². The van der Waals surface area contributed by atoms with Crippen LogP contribution in [0.25, 0.3) is 0 Å². The second-order valence-corrected chi connectivity index (χ2v) is 1.98. The molecule has 0 saturated heterocycles. The Morgan fingerprint density at radius 3 is 3.57 bits per heavy atom. The molecule has 0 saturated carbocycles. The van der Waals surface area contributed by atoms with Crippen LogP contribution in [0.3, 0.4) is 0 Å². The van der Waals surface area contributed by atoms with E-state index in [1.807, 2.05) is 0 Å². The third kappa shape index (κ3) is 1.43. The van der Waals surface area contributed by atoms with E-state index in [0.717, 1.165) is 0 Å². The molecule has 0 bridgehead atoms. The molecule has 0 N–H and O–H groups in total. The summed E-state index contributed by atoms with van der Waals surface area (Å²) in [6, 6.07) is -0.305. The number of halogens is 1. The first-order chi connectivity index (χ1) is 5.04. The van der Waals surface area contributed by atoms with E-state index in [2.05, 4.69) is 4.98 Å². The summed E-state index contributed by atoms with van der Waals surface area (Å²) >= 11 is 1.77. The summed E-state index contributed by atoms with van der Waals surface area (Å²) in [5.41, 5.74) is 0. The fourth-order valence-corrected chi connectivity index (χ4v) is 0.471. The van der Waals surface area contributed by atoms with Crippen LogP contribution in [0, 0.1) is 3.57 Å². The maximum absolute atomic E-state index is 7.25. The Balaban J connectivity index is 3.46. The van der Waals surface area contributed by atoms with Crippen LogP contribution >= 0.6 is 22.6 Å². The lowest BCUT2D eigenvalue weighted by Gasteiger charge is -1.80. The lowest BCUT2D eigenvalue weighted by Crippen LogP contribution is -1.68. The Labute approximate surface area is 61.5 Å². The van der Waals surface area contributed by atoms with E-state index >= 15 is 0 Å². The van der Waals surface area contributed by atoms with Crippen molar-refractivity contribution in [3.8, 4) is 0 Å². The van der Waals surface area contributed by atoms with Gasteiger partial charge in [-0.15, -0.1) is 0 Å². The van der Waals surface area contributed by atoms with Gasteiger partial charge in [0.2, 0.25) is 0 Å². The average molecular weight is 209 g/mol. The number of hydrogen-bond donors (Lipinski definition) is 0. The molecule has 7 heavy (non-hydrogen) atoms. The van der Waals surface area contributed by atoms with Crippen molar-refractivity contribution in [1.82, 2.24) is 4.98 Å². The molecule has 1 aromatic heterocycles. The summed E-state index contributed by atoms with van der Waals surface area (Å²) in [6.45, 7) is 0. The van der Waals surface area contributed by atoms with Crippen molar-refractivity contribution in [2.24, 2.45) is 0 Å². The van der Waals surface area contributed by atoms with Gasteiger partial charge in [0.15, 0.2) is 0 Å². The largest absolute Gasteiger partial charge is 0.264 e. The minimum absolute atomic E-state index is 0.0874. The normalized spacial score (nSPS) is 16.7. The molecule has 0 radical (unpaired) electrons. The number of nitrogens with zero attached hydrogens (tertiary/aromatic N) is 1. The molecule has 0 fully saturated rings. The maximum atomic E-state index is 7.25. The van der Waals surface area contributed by atoms with Gasteiger partial charge in [-0.3, -0.25) is 4.98 Å². The molecule has 0 spiro atoms. The highest BCUT2D eigenvalue weighted by molar-refractivity contribution is 14.1. The summed E-state index contributed by atoms with van der Waals surface area (Å²) in [6.07, 6.45) is -0.406. The highest BCUT2D eigenvalue weighted by Crippen LogP contribution is 1.97. The summed E-state index contributed by atoms with van der Waals surface area (Å²) < 4.78 is 28.9. The molecular formula is C5H4IN. The zero-order chi connectivity index (χ0) is 8.59. The molecule has 36 valence electrons. The first-order valence-electron chi connectivity index (χ1n) is 3.64. The van der Waals surface area contributed by atoms with Crippen molar-refractivity contribution in [1.29, 1.82) is 0 Å². The zero-order valence-corrected chi connectivity index (χ0v) is 5.48. The fourth-order valence-electron chi connectivity index (χ4n) is 0.216. The zero-order valence-electron chi connectivity index (χ0n) is 7.33. The van der Waals surface area contributed by atoms with Crippen molar-refractivity contribution >= 4 is 22.6 Å². The molecule has 0 aliphatic rings. The Bertz CT molecular complexity index is 275. The smallest absolute Gasteiger partial charge is 0.0851 e. The molecule has 1 aromatic rings. The van der Waals surface area contributed by atoms with Gasteiger partial charge in [-0.25, -0.2) is 0 Å². The quantitative estimate of drug-likeness (QED) is 0.592. The summed E-state index contributed by atoms with van der Waals surface area (Å²) in [7, 11) is 0. The van der Waals surface area contributed by atoms with E-state index in [1.54, 1.807) is 22.6 Å². The van der Waals surface area contributed by atoms with Gasteiger partial charge in [0.25, 0.3) is 0 Å². The van der Waals surface area contributed by atoms with E-state index in [4.69, 9.17) is 5.48 Å². The van der Waals surface area contributed by atoms with Crippen LogP contribution in [0.15, 0.2) is 24.4 Å². The lowest BCUT2D eigenvalue weighted by atomic mass is 10.5. The topological polar surface area (TPSA) is 12.9 Å². The van der Waals surface area contributed by atoms with E-state index in [0.29, 0.717) is 3.57 Å². The number of rotatable bonds is 0. The van der Waals surface area contributed by atoms with E-state index in [-0.39, 0.29) is 24.4 Å². The molecule has 1 heterocycles. The standard InChI is InChI=1S/C5H4IN/c6-5-2-1-3-7-4-5/h1-4H/i1D,2D,3D,4D. The minimum atomic E-state index is -0.305. The second-order valence-electron chi connectivity index (χ2n) is 0.899. The Kier molecular flexibility index (Phi) is 0.647. The Hall–Kier alpha value is -0.120. The third-order valence-electron chi connectivity index (χ3n) is 0.438. The van der Waals surface area contributed by atoms with E-state index < -0.39 is 0 Å². The predicted molar refractivity (Wildman–Crippen MR) is 37.0 cm³/mol. The van der Waals surface area contributed by atoms with Crippen molar-refractivity contribution in [3.63, 3.8) is 0 Å². The monoisotopic (exact) mass is 209 g/mol. The summed E-state index contributed by atoms with van der Waals surface area (Å²) in [4.78, 5) is 3.45. The lowest BCUT2D eigenvalue weighted by molar-refractivity contribution is 1.31. The van der Waals surface area contributed by atoms with E-state index in [1.165, 1.54) is 0 Å². The van der Waals surface area contributed by atoms with Crippen LogP contribution in [0.4, 0.5) is 0 Å². The average Bonchev–Trinajstić information content (AvgIpc) is 1.97. The molecule has 0 aliphatic heterocycles. The third-order valence-corrected chi connectivity index (χ3v) is 0.949. The summed E-state index contributed by atoms with van der Waals surface area (Å²) in [5.74, 6) is 0. The number of aromatic nitrogens is 1. The number of pyridine rings is 1. The molecule has 0 aromatic carbocycles. The molecule has 0 amide bonds. The van der Waals surface area contributed by atoms with Gasteiger partial charge in [0, 0.05) is 15.9 Å².